The minimum absolute atomic E-state index is 0. The summed E-state index contributed by atoms with van der Waals surface area (Å²) in [7, 11) is 0.362. The van der Waals surface area contributed by atoms with Gasteiger partial charge in [0.1, 0.15) is 0 Å². The Morgan fingerprint density at radius 1 is 0.640 bits per heavy atom. The third kappa shape index (κ3) is 10.4. The first-order chi connectivity index (χ1) is 11.8. The van der Waals surface area contributed by atoms with Crippen LogP contribution in [0, 0.1) is 0 Å². The molecule has 2 aromatic rings. The zero-order chi connectivity index (χ0) is 17.6. The molecule has 0 spiro atoms. The molecule has 0 radical (unpaired) electrons. The van der Waals surface area contributed by atoms with E-state index in [-0.39, 0.29) is 42.0 Å². The summed E-state index contributed by atoms with van der Waals surface area (Å²) in [5.41, 5.74) is 0. The molecule has 3 heteroatoms. The van der Waals surface area contributed by atoms with Crippen LogP contribution in [0.2, 0.25) is 0 Å². The molecule has 0 saturated carbocycles. The molecule has 0 fully saturated rings. The molecular weight excluding hydrogens is 417 g/mol. The Balaban J connectivity index is 0.000000443. The summed E-state index contributed by atoms with van der Waals surface area (Å²) in [6.07, 6.45) is 11.0. The van der Waals surface area contributed by atoms with E-state index in [2.05, 4.69) is 76.2 Å². The number of rotatable bonds is 10. The summed E-state index contributed by atoms with van der Waals surface area (Å²) in [6.45, 7) is 9.14. The maximum absolute atomic E-state index is 2.29. The van der Waals surface area contributed by atoms with E-state index in [1.807, 2.05) is 0 Å². The van der Waals surface area contributed by atoms with Crippen molar-refractivity contribution < 1.29 is 26.2 Å². The molecule has 0 amide bonds. The molecule has 0 aliphatic heterocycles. The van der Waals surface area contributed by atoms with Crippen molar-refractivity contribution in [2.24, 2.45) is 0 Å². The van der Waals surface area contributed by atoms with Gasteiger partial charge in [-0.2, -0.15) is 24.3 Å². The predicted octanol–water partition coefficient (Wildman–Crippen LogP) is 6.66. The Morgan fingerprint density at radius 2 is 0.960 bits per heavy atom. The summed E-state index contributed by atoms with van der Waals surface area (Å²) in [5.74, 6) is 0. The fourth-order valence-electron chi connectivity index (χ4n) is 2.97. The van der Waals surface area contributed by atoms with E-state index in [4.69, 9.17) is 0 Å². The smallest absolute Gasteiger partial charge is 0.213 e. The van der Waals surface area contributed by atoms with Crippen LogP contribution in [0.1, 0.15) is 53.4 Å². The van der Waals surface area contributed by atoms with E-state index >= 15 is 0 Å². The standard InChI is InChI=1S/2C11H18P.Zr/c2*1-3-9-12(10-4-2)11-7-5-6-8-11;/h2*5-8H,3-4,9-10H2,1-2H3;/q2*-1;+2. The second-order valence-electron chi connectivity index (χ2n) is 6.26. The van der Waals surface area contributed by atoms with Crippen molar-refractivity contribution in [3.8, 4) is 0 Å². The Bertz CT molecular complexity index is 418. The monoisotopic (exact) mass is 452 g/mol. The second-order valence-corrected chi connectivity index (χ2v) is 11.2. The van der Waals surface area contributed by atoms with Gasteiger partial charge in [-0.05, 0) is 24.6 Å². The third-order valence-corrected chi connectivity index (χ3v) is 10.00. The summed E-state index contributed by atoms with van der Waals surface area (Å²) in [5, 5.41) is 3.21. The predicted molar refractivity (Wildman–Crippen MR) is 118 cm³/mol. The normalized spacial score (nSPS) is 10.5. The topological polar surface area (TPSA) is 0 Å². The summed E-state index contributed by atoms with van der Waals surface area (Å²) >= 11 is 0. The first-order valence-corrected chi connectivity index (χ1v) is 13.1. The number of hydrogen-bond acceptors (Lipinski definition) is 0. The van der Waals surface area contributed by atoms with Gasteiger partial charge in [-0.25, -0.2) is 24.3 Å². The van der Waals surface area contributed by atoms with E-state index in [1.54, 1.807) is 10.6 Å². The van der Waals surface area contributed by atoms with Crippen LogP contribution in [-0.2, 0) is 26.2 Å². The maximum atomic E-state index is 2.29. The van der Waals surface area contributed by atoms with Crippen LogP contribution in [0.3, 0.4) is 0 Å². The van der Waals surface area contributed by atoms with Gasteiger partial charge < -0.3 is 0 Å². The van der Waals surface area contributed by atoms with Gasteiger partial charge in [0.15, 0.2) is 0 Å². The quantitative estimate of drug-likeness (QED) is 0.279. The molecule has 2 rings (SSSR count). The van der Waals surface area contributed by atoms with Crippen molar-refractivity contribution in [2.75, 3.05) is 24.6 Å². The number of hydrogen-bond donors (Lipinski definition) is 0. The fourth-order valence-corrected chi connectivity index (χ4v) is 7.80. The van der Waals surface area contributed by atoms with Gasteiger partial charge in [-0.1, -0.05) is 53.4 Å². The van der Waals surface area contributed by atoms with Gasteiger partial charge in [0, 0.05) is 0 Å². The maximum Gasteiger partial charge on any atom is 2.00 e. The minimum Gasteiger partial charge on any atom is -0.213 e. The first-order valence-electron chi connectivity index (χ1n) is 9.70. The summed E-state index contributed by atoms with van der Waals surface area (Å²) in [6, 6.07) is 17.8. The van der Waals surface area contributed by atoms with E-state index in [0.717, 1.165) is 0 Å². The molecule has 138 valence electrons. The van der Waals surface area contributed by atoms with Gasteiger partial charge >= 0.3 is 26.2 Å². The Labute approximate surface area is 178 Å². The molecule has 0 aliphatic carbocycles. The second kappa shape index (κ2) is 16.6. The van der Waals surface area contributed by atoms with E-state index in [9.17, 15) is 0 Å². The van der Waals surface area contributed by atoms with Crippen LogP contribution in [0.5, 0.6) is 0 Å². The average molecular weight is 454 g/mol. The van der Waals surface area contributed by atoms with Crippen molar-refractivity contribution in [1.29, 1.82) is 0 Å². The van der Waals surface area contributed by atoms with Gasteiger partial charge in [0.05, 0.1) is 0 Å². The molecule has 0 nitrogen and oxygen atoms in total. The van der Waals surface area contributed by atoms with Crippen LogP contribution >= 0.6 is 15.8 Å². The van der Waals surface area contributed by atoms with Crippen LogP contribution in [0.25, 0.3) is 0 Å². The largest absolute Gasteiger partial charge is 2.00 e. The Morgan fingerprint density at radius 3 is 1.16 bits per heavy atom. The van der Waals surface area contributed by atoms with Gasteiger partial charge in [-0.15, -0.1) is 26.5 Å². The molecule has 0 saturated heterocycles. The molecule has 0 N–H and O–H groups in total. The van der Waals surface area contributed by atoms with Gasteiger partial charge in [-0.3, -0.25) is 0 Å². The zero-order valence-electron chi connectivity index (χ0n) is 16.7. The molecule has 0 aromatic heterocycles. The van der Waals surface area contributed by atoms with Gasteiger partial charge in [0.2, 0.25) is 0 Å². The Kier molecular flexibility index (Phi) is 16.9. The van der Waals surface area contributed by atoms with Crippen molar-refractivity contribution in [2.45, 2.75) is 53.4 Å². The van der Waals surface area contributed by atoms with Crippen LogP contribution in [0.15, 0.2) is 48.5 Å². The zero-order valence-corrected chi connectivity index (χ0v) is 20.9. The summed E-state index contributed by atoms with van der Waals surface area (Å²) < 4.78 is 0. The van der Waals surface area contributed by atoms with Crippen molar-refractivity contribution in [3.05, 3.63) is 48.5 Å². The van der Waals surface area contributed by atoms with E-state index in [1.165, 1.54) is 50.3 Å². The molecule has 0 atom stereocenters. The van der Waals surface area contributed by atoms with E-state index < -0.39 is 0 Å². The van der Waals surface area contributed by atoms with Crippen molar-refractivity contribution in [3.63, 3.8) is 0 Å². The first kappa shape index (κ1) is 25.4. The van der Waals surface area contributed by atoms with Crippen LogP contribution < -0.4 is 10.6 Å². The molecular formula is C22H36P2Zr. The minimum atomic E-state index is 0. The molecule has 25 heavy (non-hydrogen) atoms. The van der Waals surface area contributed by atoms with Crippen LogP contribution in [0.4, 0.5) is 0 Å². The van der Waals surface area contributed by atoms with Crippen molar-refractivity contribution in [1.82, 2.24) is 0 Å². The SMILES string of the molecule is CCCP(CCC)c1ccc[cH-]1.CCCP(CCC)c1ccc[cH-]1.[Zr+2]. The molecule has 0 heterocycles. The van der Waals surface area contributed by atoms with Crippen molar-refractivity contribution >= 4 is 26.5 Å². The average Bonchev–Trinajstić information content (AvgIpc) is 3.29. The molecule has 0 bridgehead atoms. The molecule has 2 aromatic carbocycles. The van der Waals surface area contributed by atoms with E-state index in [0.29, 0.717) is 0 Å². The van der Waals surface area contributed by atoms with Crippen LogP contribution in [-0.4, -0.2) is 24.6 Å². The summed E-state index contributed by atoms with van der Waals surface area (Å²) in [4.78, 5) is 0. The fraction of sp³-hybridized carbons (Fsp3) is 0.545. The molecule has 0 unspecified atom stereocenters. The third-order valence-electron chi connectivity index (χ3n) is 3.99. The van der Waals surface area contributed by atoms with Gasteiger partial charge in [0.25, 0.3) is 0 Å². The molecule has 0 aliphatic rings. The Hall–Kier alpha value is 0.443.